The number of imidazole rings is 1. The zero-order chi connectivity index (χ0) is 25.7. The number of halogens is 2. The number of hydrogen-bond donors (Lipinski definition) is 1. The molecular weight excluding hydrogens is 476 g/mol. The molecule has 2 aromatic carbocycles. The van der Waals surface area contributed by atoms with E-state index in [0.29, 0.717) is 46.9 Å². The summed E-state index contributed by atoms with van der Waals surface area (Å²) in [5, 5.41) is 20.7. The summed E-state index contributed by atoms with van der Waals surface area (Å²) in [6.45, 7) is 0.789. The average Bonchev–Trinajstić information content (AvgIpc) is 3.48. The zero-order valence-corrected chi connectivity index (χ0v) is 20.2. The Morgan fingerprint density at radius 1 is 1.14 bits per heavy atom. The largest absolute Gasteiger partial charge is 0.349 e. The van der Waals surface area contributed by atoms with Crippen molar-refractivity contribution in [1.29, 1.82) is 5.26 Å². The number of piperidine rings is 1. The molecule has 186 valence electrons. The number of nitriles is 1. The molecule has 3 aromatic heterocycles. The Morgan fingerprint density at radius 2 is 1.97 bits per heavy atom. The van der Waals surface area contributed by atoms with Crippen LogP contribution >= 0.6 is 0 Å². The van der Waals surface area contributed by atoms with Crippen LogP contribution in [-0.4, -0.2) is 61.7 Å². The van der Waals surface area contributed by atoms with Crippen molar-refractivity contribution in [2.45, 2.75) is 18.6 Å². The number of alkyl halides is 1. The second-order valence-corrected chi connectivity index (χ2v) is 9.20. The van der Waals surface area contributed by atoms with Crippen molar-refractivity contribution in [3.05, 3.63) is 60.2 Å². The first-order valence-corrected chi connectivity index (χ1v) is 11.9. The van der Waals surface area contributed by atoms with Crippen molar-refractivity contribution in [2.24, 2.45) is 7.05 Å². The van der Waals surface area contributed by atoms with E-state index in [0.717, 1.165) is 11.1 Å². The summed E-state index contributed by atoms with van der Waals surface area (Å²) in [5.74, 6) is -0.0776. The number of benzene rings is 2. The maximum atomic E-state index is 14.7. The van der Waals surface area contributed by atoms with Crippen LogP contribution in [0.15, 0.2) is 48.8 Å². The van der Waals surface area contributed by atoms with E-state index in [2.05, 4.69) is 20.6 Å². The molecule has 1 fully saturated rings. The fraction of sp³-hybridized carbons (Fsp3) is 0.269. The number of fused-ring (bicyclic) bond motifs is 2. The molecule has 9 nitrogen and oxygen atoms in total. The van der Waals surface area contributed by atoms with Gasteiger partial charge in [0.05, 0.1) is 29.0 Å². The lowest BCUT2D eigenvalue weighted by Crippen LogP contribution is -2.49. The van der Waals surface area contributed by atoms with Gasteiger partial charge in [0.25, 0.3) is 0 Å². The van der Waals surface area contributed by atoms with E-state index < -0.39 is 12.0 Å². The van der Waals surface area contributed by atoms with Crippen LogP contribution in [0, 0.1) is 17.1 Å². The van der Waals surface area contributed by atoms with Crippen molar-refractivity contribution in [3.8, 4) is 28.6 Å². The number of nitrogens with one attached hydrogen (secondary N) is 1. The van der Waals surface area contributed by atoms with Crippen LogP contribution in [0.1, 0.15) is 12.0 Å². The standard InChI is InChI=1S/C26H23F2N9/c1-30-19-11-18(27)13-36(14-19)25-26-32-23(15-3-4-17(12-29)20(28)9-15)24(37(26)8-7-31-25)16-5-6-22-21(10-16)33-34-35(22)2/h3-10,18-19,30H,11,13-14H2,1-2H3/t18-,19-/m1/s1. The lowest BCUT2D eigenvalue weighted by atomic mass is 10.0. The van der Waals surface area contributed by atoms with Crippen LogP contribution in [0.4, 0.5) is 14.6 Å². The quantitative estimate of drug-likeness (QED) is 0.404. The molecule has 0 radical (unpaired) electrons. The highest BCUT2D eigenvalue weighted by Crippen LogP contribution is 2.37. The second kappa shape index (κ2) is 8.90. The second-order valence-electron chi connectivity index (χ2n) is 9.20. The minimum Gasteiger partial charge on any atom is -0.349 e. The van der Waals surface area contributed by atoms with Crippen LogP contribution in [0.5, 0.6) is 0 Å². The molecule has 0 saturated carbocycles. The molecule has 2 atom stereocenters. The van der Waals surface area contributed by atoms with Crippen LogP contribution in [-0.2, 0) is 7.05 Å². The van der Waals surface area contributed by atoms with Crippen molar-refractivity contribution >= 4 is 22.5 Å². The Kier molecular flexibility index (Phi) is 5.53. The van der Waals surface area contributed by atoms with E-state index in [1.54, 1.807) is 23.1 Å². The number of hydrogen-bond acceptors (Lipinski definition) is 7. The van der Waals surface area contributed by atoms with E-state index in [9.17, 15) is 14.0 Å². The summed E-state index contributed by atoms with van der Waals surface area (Å²) < 4.78 is 32.9. The van der Waals surface area contributed by atoms with Crippen molar-refractivity contribution in [2.75, 3.05) is 25.0 Å². The summed E-state index contributed by atoms with van der Waals surface area (Å²) in [6.07, 6.45) is 2.88. The molecule has 1 N–H and O–H groups in total. The zero-order valence-electron chi connectivity index (χ0n) is 20.2. The molecule has 0 unspecified atom stereocenters. The van der Waals surface area contributed by atoms with Gasteiger partial charge in [-0.25, -0.2) is 23.4 Å². The van der Waals surface area contributed by atoms with Gasteiger partial charge in [0, 0.05) is 43.2 Å². The highest BCUT2D eigenvalue weighted by molar-refractivity contribution is 5.89. The van der Waals surface area contributed by atoms with Gasteiger partial charge in [0.2, 0.25) is 0 Å². The minimum atomic E-state index is -1.01. The molecule has 0 bridgehead atoms. The fourth-order valence-corrected chi connectivity index (χ4v) is 5.02. The van der Waals surface area contributed by atoms with Gasteiger partial charge >= 0.3 is 0 Å². The lowest BCUT2D eigenvalue weighted by molar-refractivity contribution is 0.254. The molecule has 1 aliphatic heterocycles. The van der Waals surface area contributed by atoms with Gasteiger partial charge in [0.15, 0.2) is 11.5 Å². The molecule has 1 aliphatic rings. The molecule has 0 spiro atoms. The molecular formula is C26H23F2N9. The van der Waals surface area contributed by atoms with E-state index in [4.69, 9.17) is 4.98 Å². The number of aryl methyl sites for hydroxylation is 1. The summed E-state index contributed by atoms with van der Waals surface area (Å²) in [6, 6.07) is 12.0. The Morgan fingerprint density at radius 3 is 2.76 bits per heavy atom. The molecule has 6 rings (SSSR count). The summed E-state index contributed by atoms with van der Waals surface area (Å²) >= 11 is 0. The summed E-state index contributed by atoms with van der Waals surface area (Å²) in [5.41, 5.74) is 4.58. The SMILES string of the molecule is CN[C@@H]1C[C@@H](F)CN(c2nccn3c(-c4ccc5c(c4)nnn5C)c(-c4ccc(C#N)c(F)c4)nc23)C1. The Labute approximate surface area is 211 Å². The Balaban J connectivity index is 1.59. The molecule has 0 aliphatic carbocycles. The van der Waals surface area contributed by atoms with Gasteiger partial charge in [-0.1, -0.05) is 17.3 Å². The lowest BCUT2D eigenvalue weighted by Gasteiger charge is -2.35. The molecule has 37 heavy (non-hydrogen) atoms. The predicted octanol–water partition coefficient (Wildman–Crippen LogP) is 3.49. The van der Waals surface area contributed by atoms with Gasteiger partial charge in [-0.05, 0) is 37.7 Å². The Bertz CT molecular complexity index is 1680. The first kappa shape index (κ1) is 23.0. The highest BCUT2D eigenvalue weighted by atomic mass is 19.1. The number of anilines is 1. The topological polar surface area (TPSA) is 100.0 Å². The van der Waals surface area contributed by atoms with Crippen molar-refractivity contribution in [3.63, 3.8) is 0 Å². The third-order valence-corrected chi connectivity index (χ3v) is 6.88. The molecule has 0 amide bonds. The normalized spacial score (nSPS) is 18.0. The number of aromatic nitrogens is 6. The third-order valence-electron chi connectivity index (χ3n) is 6.88. The third kappa shape index (κ3) is 3.86. The first-order chi connectivity index (χ1) is 18.0. The number of nitrogens with zero attached hydrogens (tertiary/aromatic N) is 8. The van der Waals surface area contributed by atoms with Crippen LogP contribution in [0.25, 0.3) is 39.2 Å². The Hall–Kier alpha value is -4.43. The molecule has 4 heterocycles. The van der Waals surface area contributed by atoms with Gasteiger partial charge in [0.1, 0.15) is 23.6 Å². The predicted molar refractivity (Wildman–Crippen MR) is 135 cm³/mol. The monoisotopic (exact) mass is 499 g/mol. The fourth-order valence-electron chi connectivity index (χ4n) is 5.02. The molecule has 1 saturated heterocycles. The molecule has 5 aromatic rings. The summed E-state index contributed by atoms with van der Waals surface area (Å²) in [4.78, 5) is 11.4. The van der Waals surface area contributed by atoms with Gasteiger partial charge < -0.3 is 10.2 Å². The van der Waals surface area contributed by atoms with Crippen LogP contribution < -0.4 is 10.2 Å². The van der Waals surface area contributed by atoms with E-state index in [1.165, 1.54) is 12.1 Å². The number of likely N-dealkylation sites (N-methyl/N-ethyl adjacent to an activating group) is 1. The van der Waals surface area contributed by atoms with E-state index in [1.807, 2.05) is 47.7 Å². The van der Waals surface area contributed by atoms with Crippen LogP contribution in [0.3, 0.4) is 0 Å². The van der Waals surface area contributed by atoms with Gasteiger partial charge in [-0.3, -0.25) is 4.40 Å². The van der Waals surface area contributed by atoms with Gasteiger partial charge in [-0.2, -0.15) is 5.26 Å². The van der Waals surface area contributed by atoms with E-state index in [-0.39, 0.29) is 18.2 Å². The summed E-state index contributed by atoms with van der Waals surface area (Å²) in [7, 11) is 3.64. The number of rotatable bonds is 4. The van der Waals surface area contributed by atoms with E-state index >= 15 is 0 Å². The van der Waals surface area contributed by atoms with Crippen molar-refractivity contribution in [1.82, 2.24) is 34.7 Å². The maximum Gasteiger partial charge on any atom is 0.181 e. The molecule has 11 heteroatoms. The average molecular weight is 500 g/mol. The maximum absolute atomic E-state index is 14.7. The first-order valence-electron chi connectivity index (χ1n) is 11.9. The van der Waals surface area contributed by atoms with Gasteiger partial charge in [-0.15, -0.1) is 5.10 Å². The highest BCUT2D eigenvalue weighted by Gasteiger charge is 2.30. The van der Waals surface area contributed by atoms with Crippen LogP contribution in [0.2, 0.25) is 0 Å². The minimum absolute atomic E-state index is 0.0219. The smallest absolute Gasteiger partial charge is 0.181 e. The van der Waals surface area contributed by atoms with Crippen molar-refractivity contribution < 1.29 is 8.78 Å².